The number of aryl methyl sites for hydroxylation is 21. The van der Waals surface area contributed by atoms with Gasteiger partial charge in [0.25, 0.3) is 0 Å². The smallest absolute Gasteiger partial charge is 0.171 e. The number of rotatable bonds is 13. The van der Waals surface area contributed by atoms with Crippen molar-refractivity contribution in [1.82, 2.24) is 0 Å². The van der Waals surface area contributed by atoms with Crippen molar-refractivity contribution in [2.24, 2.45) is 33.5 Å². The highest BCUT2D eigenvalue weighted by Gasteiger charge is 2.48. The quantitative estimate of drug-likeness (QED) is 0.101. The van der Waals surface area contributed by atoms with Crippen molar-refractivity contribution in [2.45, 2.75) is 405 Å². The third-order valence-corrected chi connectivity index (χ3v) is 26.8. The van der Waals surface area contributed by atoms with Crippen LogP contribution in [0.2, 0.25) is 0 Å². The van der Waals surface area contributed by atoms with Crippen LogP contribution in [0.25, 0.3) is 0 Å². The van der Waals surface area contributed by atoms with Gasteiger partial charge in [-0.2, -0.15) is 26.3 Å². The van der Waals surface area contributed by atoms with Gasteiger partial charge in [-0.3, -0.25) is 0 Å². The Morgan fingerprint density at radius 3 is 0.727 bits per heavy atom. The first kappa shape index (κ1) is 137. The molecule has 0 radical (unpaired) electrons. The minimum absolute atomic E-state index is 0.0246. The highest BCUT2D eigenvalue weighted by Crippen LogP contribution is 2.42. The Labute approximate surface area is 915 Å². The van der Waals surface area contributed by atoms with Crippen molar-refractivity contribution in [1.29, 1.82) is 0 Å². The average Bonchev–Trinajstić information content (AvgIpc) is 0.803. The monoisotopic (exact) mass is 2050 g/mol. The maximum atomic E-state index is 12.7. The molecule has 0 amide bonds. The number of hydrogen-bond donors (Lipinski definition) is 0. The molecule has 822 valence electrons. The van der Waals surface area contributed by atoms with E-state index in [1.165, 1.54) is 191 Å². The minimum atomic E-state index is -4.16. The van der Waals surface area contributed by atoms with Crippen LogP contribution in [0.5, 0.6) is 0 Å². The summed E-state index contributed by atoms with van der Waals surface area (Å²) in [5.41, 5.74) is 40.4. The Morgan fingerprint density at radius 1 is 0.187 bits per heavy atom. The molecule has 0 aliphatic heterocycles. The second-order valence-electron chi connectivity index (χ2n) is 49.9. The normalized spacial score (nSPS) is 11.3. The molecule has 13 rings (SSSR count). The highest BCUT2D eigenvalue weighted by atomic mass is 19.4. The first-order chi connectivity index (χ1) is 68.9. The lowest BCUT2D eigenvalue weighted by Gasteiger charge is -2.27. The van der Waals surface area contributed by atoms with Crippen molar-refractivity contribution in [3.8, 4) is 0 Å². The van der Waals surface area contributed by atoms with E-state index in [1.807, 2.05) is 45.0 Å². The van der Waals surface area contributed by atoms with Crippen molar-refractivity contribution < 1.29 is 26.3 Å². The molecule has 0 spiro atoms. The van der Waals surface area contributed by atoms with E-state index >= 15 is 0 Å². The van der Waals surface area contributed by atoms with Crippen LogP contribution >= 0.6 is 0 Å². The third kappa shape index (κ3) is 58.3. The molecular weight excluding hydrogens is 1840 g/mol. The molecule has 150 heavy (non-hydrogen) atoms. The van der Waals surface area contributed by atoms with E-state index in [4.69, 9.17) is 0 Å². The predicted octanol–water partition coefficient (Wildman–Crippen LogP) is 44.2. The number of hydrogen-bond acceptors (Lipinski definition) is 0. The van der Waals surface area contributed by atoms with Crippen LogP contribution in [0.4, 0.5) is 26.3 Å². The number of alkyl halides is 6. The molecule has 0 saturated heterocycles. The van der Waals surface area contributed by atoms with Gasteiger partial charge < -0.3 is 0 Å². The zero-order valence-electron chi connectivity index (χ0n) is 103. The Kier molecular flexibility index (Phi) is 59.6. The van der Waals surface area contributed by atoms with Crippen LogP contribution in [-0.4, -0.2) is 12.4 Å². The number of benzene rings is 13. The van der Waals surface area contributed by atoms with Gasteiger partial charge in [0.05, 0.1) is 10.8 Å². The van der Waals surface area contributed by atoms with Crippen molar-refractivity contribution in [3.63, 3.8) is 0 Å². The van der Waals surface area contributed by atoms with E-state index in [0.29, 0.717) is 28.6 Å². The topological polar surface area (TPSA) is 0 Å². The fourth-order valence-electron chi connectivity index (χ4n) is 15.4. The third-order valence-electron chi connectivity index (χ3n) is 26.8. The Balaban J connectivity index is 0.000000815. The molecule has 0 fully saturated rings. The van der Waals surface area contributed by atoms with Crippen LogP contribution in [0.3, 0.4) is 0 Å². The maximum Gasteiger partial charge on any atom is 0.394 e. The second-order valence-corrected chi connectivity index (χ2v) is 49.9. The fourth-order valence-corrected chi connectivity index (χ4v) is 15.4. The first-order valence-corrected chi connectivity index (χ1v) is 54.8. The fraction of sp³-hybridized carbons (Fsp3) is 0.458. The molecule has 0 aliphatic carbocycles. The summed E-state index contributed by atoms with van der Waals surface area (Å²) >= 11 is 0. The Hall–Kier alpha value is -10.6. The van der Waals surface area contributed by atoms with Crippen LogP contribution < -0.4 is 0 Å². The van der Waals surface area contributed by atoms with E-state index in [2.05, 4.69) is 514 Å². The van der Waals surface area contributed by atoms with E-state index in [-0.39, 0.29) is 23.7 Å². The largest absolute Gasteiger partial charge is 0.394 e. The van der Waals surface area contributed by atoms with E-state index in [1.54, 1.807) is 18.2 Å². The minimum Gasteiger partial charge on any atom is -0.171 e. The lowest BCUT2D eigenvalue weighted by Crippen LogP contribution is -2.34. The number of halogens is 6. The van der Waals surface area contributed by atoms with Crippen LogP contribution in [0.15, 0.2) is 279 Å². The van der Waals surface area contributed by atoms with Crippen LogP contribution in [-0.2, 0) is 49.4 Å². The van der Waals surface area contributed by atoms with Gasteiger partial charge in [-0.05, 0) is 380 Å². The van der Waals surface area contributed by atoms with Gasteiger partial charge in [-0.15, -0.1) is 0 Å². The summed E-state index contributed by atoms with van der Waals surface area (Å²) in [4.78, 5) is 0. The predicted molar refractivity (Wildman–Crippen MR) is 653 cm³/mol. The molecule has 0 unspecified atom stereocenters. The summed E-state index contributed by atoms with van der Waals surface area (Å²) in [6.45, 7) is 98.8. The molecule has 0 heterocycles. The van der Waals surface area contributed by atoms with E-state index in [9.17, 15) is 26.3 Å². The van der Waals surface area contributed by atoms with Crippen LogP contribution in [0, 0.1) is 179 Å². The lowest BCUT2D eigenvalue weighted by molar-refractivity contribution is -0.211. The molecule has 0 atom stereocenters. The average molecular weight is 2050 g/mol. The summed E-state index contributed by atoms with van der Waals surface area (Å²) in [5.74, 6) is 3.47. The van der Waals surface area contributed by atoms with Crippen molar-refractivity contribution in [3.05, 3.63) is 457 Å². The van der Waals surface area contributed by atoms with E-state index < -0.39 is 23.2 Å². The SMILES string of the molecule is Cc1ccc(C(C)(C)C)cc1.Cc1ccc(C(C)(C)C)cc1C.Cc1ccc(C(C)C)cc1.Cc1ccc(C(C)C)cc1C.Cc1ccc(C)c(C)c1.Cc1ccc(CC(C)(C)C(F)(F)F)cc1.Cc1ccc(CC(C)(C)C(F)(F)F)cc1C.Cc1ccc(CC(C)(C)C)cc1.Cc1ccc(CC(C)(C)C)cc1C.Cc1ccc(CC(C)C)cc1.Cc1ccc(CC(C)C)cc1C.Cc1ccccc1C.Cc1ccccc1C(C)C. The van der Waals surface area contributed by atoms with Gasteiger partial charge in [0, 0.05) is 0 Å². The summed E-state index contributed by atoms with van der Waals surface area (Å²) in [5, 5.41) is 0. The molecule has 0 saturated carbocycles. The van der Waals surface area contributed by atoms with Gasteiger partial charge in [-0.1, -0.05) is 492 Å². The van der Waals surface area contributed by atoms with Gasteiger partial charge in [0.1, 0.15) is 0 Å². The van der Waals surface area contributed by atoms with Gasteiger partial charge >= 0.3 is 12.4 Å². The molecule has 13 aromatic rings. The van der Waals surface area contributed by atoms with Crippen molar-refractivity contribution >= 4 is 0 Å². The summed E-state index contributed by atoms with van der Waals surface area (Å²) in [7, 11) is 0. The summed E-state index contributed by atoms with van der Waals surface area (Å²) < 4.78 is 75.9. The lowest BCUT2D eigenvalue weighted by atomic mass is 9.84. The maximum absolute atomic E-state index is 12.7. The second kappa shape index (κ2) is 65.1. The summed E-state index contributed by atoms with van der Waals surface area (Å²) in [6, 6.07) is 98.0. The van der Waals surface area contributed by atoms with Crippen molar-refractivity contribution in [2.75, 3.05) is 0 Å². The van der Waals surface area contributed by atoms with Gasteiger partial charge in [0.2, 0.25) is 0 Å². The van der Waals surface area contributed by atoms with Gasteiger partial charge in [0.15, 0.2) is 0 Å². The zero-order valence-corrected chi connectivity index (χ0v) is 103. The summed E-state index contributed by atoms with van der Waals surface area (Å²) in [6.07, 6.45) is -3.55. The van der Waals surface area contributed by atoms with Gasteiger partial charge in [-0.25, -0.2) is 0 Å². The molecular formula is C144H204F6. The van der Waals surface area contributed by atoms with E-state index in [0.717, 1.165) is 52.5 Å². The highest BCUT2D eigenvalue weighted by molar-refractivity contribution is 5.39. The molecule has 6 heteroatoms. The van der Waals surface area contributed by atoms with Crippen LogP contribution in [0.1, 0.15) is 376 Å². The molecule has 13 aromatic carbocycles. The first-order valence-electron chi connectivity index (χ1n) is 54.8. The zero-order chi connectivity index (χ0) is 115. The standard InChI is InChI=1S/C13H17F3.C13H20.C12H15F3.3C12H18.3C11H16.2C10H14.C9H12.C8H10/c1-9-5-6-11(7-10(9)2)8-12(3,4)13(14,15)16;1-10-6-7-12(8-11(10)2)9-13(3,4)5;1-9-4-6-10(7-5-9)8-11(2,3)12(13,14)15;1-9-6-7-11(8-10(9)2)12(3,4)5;1-10-5-7-11(8-6-10)9-12(2,3)4;1-9(2)7-12-6-5-10(3)11(4)8-12;1-9-5-7-10(8-6-9)11(2,3)4;1-8(2)11-6-5-9(3)10(4)7-11;1-9(2)8-11-6-4-10(3)5-7-11;1-8(2)10-6-4-9(3)5-7-10;1-8(2)10-7-5-4-6-9(10)3;1-7-4-5-8(2)9(3)6-7;1-7-5-3-4-6-8(7)2/h5-7H,8H2,1-4H3;6-8H,9H2,1-5H3;4-7H,8H2,1-3H3;6-8H,1-5H3;5-8H,9H2,1-4H3;5-6,8-9H,7H2,1-4H3;2*5-8H,1-4H3;4-7,9H,8H2,1-3H3;2*4-8H,1-3H3;4-6H,1-3H3;3-6H,1-2H3. The Bertz CT molecular complexity index is 5940. The molecule has 0 N–H and O–H groups in total. The molecule has 0 aliphatic rings. The Morgan fingerprint density at radius 2 is 0.427 bits per heavy atom. The molecule has 0 aromatic heterocycles. The molecule has 0 bridgehead atoms. The molecule has 0 nitrogen and oxygen atoms in total.